The molecule has 25 heavy (non-hydrogen) atoms. The van der Waals surface area contributed by atoms with Gasteiger partial charge < -0.3 is 19.4 Å². The Morgan fingerprint density at radius 3 is 2.80 bits per heavy atom. The van der Waals surface area contributed by atoms with Crippen LogP contribution in [0.1, 0.15) is 18.3 Å². The molecule has 0 saturated heterocycles. The number of nitrogens with zero attached hydrogens (tertiary/aromatic N) is 2. The van der Waals surface area contributed by atoms with Gasteiger partial charge in [0.2, 0.25) is 5.91 Å². The molecular formula is C18H25N3O3S. The second-order valence-corrected chi connectivity index (χ2v) is 6.42. The molecule has 7 heteroatoms. The van der Waals surface area contributed by atoms with Crippen LogP contribution in [0.4, 0.5) is 5.69 Å². The van der Waals surface area contributed by atoms with Crippen LogP contribution in [0.15, 0.2) is 29.4 Å². The van der Waals surface area contributed by atoms with Crippen molar-refractivity contribution in [1.29, 1.82) is 0 Å². The molecule has 0 bridgehead atoms. The lowest BCUT2D eigenvalue weighted by molar-refractivity contribution is -0.113. The Labute approximate surface area is 152 Å². The van der Waals surface area contributed by atoms with E-state index in [-0.39, 0.29) is 11.7 Å². The van der Waals surface area contributed by atoms with Crippen LogP contribution >= 0.6 is 11.8 Å². The number of methoxy groups -OCH3 is 1. The number of amides is 1. The van der Waals surface area contributed by atoms with Crippen molar-refractivity contribution < 1.29 is 14.3 Å². The Morgan fingerprint density at radius 2 is 2.08 bits per heavy atom. The molecule has 0 atom stereocenters. The van der Waals surface area contributed by atoms with Crippen molar-refractivity contribution in [2.75, 3.05) is 31.4 Å². The summed E-state index contributed by atoms with van der Waals surface area (Å²) < 4.78 is 12.8. The lowest BCUT2D eigenvalue weighted by atomic mass is 10.3. The number of carbonyl (C=O) groups excluding carboxylic acids is 1. The fourth-order valence-electron chi connectivity index (χ4n) is 2.35. The average molecular weight is 363 g/mol. The Kier molecular flexibility index (Phi) is 7.33. The summed E-state index contributed by atoms with van der Waals surface area (Å²) in [4.78, 5) is 16.9. The largest absolute Gasteiger partial charge is 0.492 e. The maximum absolute atomic E-state index is 12.3. The number of hydrogen-bond acceptors (Lipinski definition) is 5. The van der Waals surface area contributed by atoms with Crippen LogP contribution in [0.5, 0.6) is 5.75 Å². The van der Waals surface area contributed by atoms with Gasteiger partial charge in [0.05, 0.1) is 30.3 Å². The van der Waals surface area contributed by atoms with Crippen molar-refractivity contribution >= 4 is 23.4 Å². The molecule has 0 aliphatic heterocycles. The zero-order valence-electron chi connectivity index (χ0n) is 15.2. The minimum Gasteiger partial charge on any atom is -0.492 e. The Balaban J connectivity index is 2.00. The van der Waals surface area contributed by atoms with Crippen LogP contribution in [0.25, 0.3) is 0 Å². The molecule has 0 radical (unpaired) electrons. The number of rotatable bonds is 9. The monoisotopic (exact) mass is 363 g/mol. The van der Waals surface area contributed by atoms with Gasteiger partial charge in [-0.3, -0.25) is 4.79 Å². The molecule has 136 valence electrons. The molecule has 1 aromatic carbocycles. The second-order valence-electron chi connectivity index (χ2n) is 5.48. The highest BCUT2D eigenvalue weighted by Crippen LogP contribution is 2.25. The fraction of sp³-hybridized carbons (Fsp3) is 0.444. The van der Waals surface area contributed by atoms with Gasteiger partial charge in [0.1, 0.15) is 5.75 Å². The number of thioether (sulfide) groups is 1. The highest BCUT2D eigenvalue weighted by molar-refractivity contribution is 7.99. The van der Waals surface area contributed by atoms with Crippen LogP contribution < -0.4 is 10.1 Å². The van der Waals surface area contributed by atoms with Gasteiger partial charge in [-0.15, -0.1) is 0 Å². The second kappa shape index (κ2) is 9.48. The van der Waals surface area contributed by atoms with Crippen molar-refractivity contribution in [2.24, 2.45) is 0 Å². The number of nitrogens with one attached hydrogen (secondary N) is 1. The van der Waals surface area contributed by atoms with Gasteiger partial charge in [0.15, 0.2) is 5.16 Å². The van der Waals surface area contributed by atoms with Crippen molar-refractivity contribution in [3.05, 3.63) is 35.7 Å². The summed E-state index contributed by atoms with van der Waals surface area (Å²) in [6, 6.07) is 7.43. The van der Waals surface area contributed by atoms with E-state index in [1.165, 1.54) is 11.8 Å². The third kappa shape index (κ3) is 5.24. The van der Waals surface area contributed by atoms with E-state index in [4.69, 9.17) is 9.47 Å². The van der Waals surface area contributed by atoms with Crippen molar-refractivity contribution in [3.8, 4) is 5.75 Å². The third-order valence-corrected chi connectivity index (χ3v) is 4.71. The molecule has 0 saturated carbocycles. The predicted molar refractivity (Wildman–Crippen MR) is 101 cm³/mol. The molecular weight excluding hydrogens is 338 g/mol. The van der Waals surface area contributed by atoms with Crippen molar-refractivity contribution in [3.63, 3.8) is 0 Å². The molecule has 1 N–H and O–H groups in total. The Hall–Kier alpha value is -1.99. The zero-order chi connectivity index (χ0) is 18.2. The van der Waals surface area contributed by atoms with Crippen LogP contribution in [0.3, 0.4) is 0 Å². The first-order chi connectivity index (χ1) is 12.1. The van der Waals surface area contributed by atoms with Crippen LogP contribution in [-0.4, -0.2) is 41.5 Å². The van der Waals surface area contributed by atoms with Gasteiger partial charge in [0, 0.05) is 19.3 Å². The third-order valence-electron chi connectivity index (χ3n) is 3.74. The Morgan fingerprint density at radius 1 is 1.32 bits per heavy atom. The number of ether oxygens (including phenoxy) is 2. The van der Waals surface area contributed by atoms with E-state index >= 15 is 0 Å². The lowest BCUT2D eigenvalue weighted by Gasteiger charge is -2.12. The van der Waals surface area contributed by atoms with Gasteiger partial charge in [-0.25, -0.2) is 4.98 Å². The number of benzene rings is 1. The smallest absolute Gasteiger partial charge is 0.234 e. The number of anilines is 1. The fourth-order valence-corrected chi connectivity index (χ4v) is 3.27. The topological polar surface area (TPSA) is 65.4 Å². The summed E-state index contributed by atoms with van der Waals surface area (Å²) >= 11 is 1.42. The van der Waals surface area contributed by atoms with E-state index in [0.717, 1.165) is 23.1 Å². The summed E-state index contributed by atoms with van der Waals surface area (Å²) in [5, 5.41) is 3.74. The first kappa shape index (κ1) is 19.3. The number of para-hydroxylation sites is 2. The first-order valence-corrected chi connectivity index (χ1v) is 9.22. The molecule has 1 aromatic heterocycles. The van der Waals surface area contributed by atoms with Gasteiger partial charge in [-0.1, -0.05) is 23.9 Å². The maximum atomic E-state index is 12.3. The molecule has 0 fully saturated rings. The van der Waals surface area contributed by atoms with Crippen LogP contribution in [0.2, 0.25) is 0 Å². The minimum absolute atomic E-state index is 0.0891. The van der Waals surface area contributed by atoms with Crippen molar-refractivity contribution in [1.82, 2.24) is 9.55 Å². The summed E-state index contributed by atoms with van der Waals surface area (Å²) in [5.74, 6) is 0.869. The highest BCUT2D eigenvalue weighted by atomic mass is 32.2. The van der Waals surface area contributed by atoms with Crippen LogP contribution in [0, 0.1) is 13.8 Å². The van der Waals surface area contributed by atoms with E-state index in [1.807, 2.05) is 45.0 Å². The Bertz CT molecular complexity index is 716. The van der Waals surface area contributed by atoms with E-state index in [9.17, 15) is 4.79 Å². The molecule has 0 aliphatic carbocycles. The standard InChI is InChI=1S/C18H25N3O3S/c1-5-24-16-9-7-6-8-15(16)20-17(22)12-25-18-19-13(2)14(3)21(18)10-11-23-4/h6-9H,5,10-12H2,1-4H3,(H,20,22). The molecule has 0 unspecified atom stereocenters. The summed E-state index contributed by atoms with van der Waals surface area (Å²) in [7, 11) is 1.68. The maximum Gasteiger partial charge on any atom is 0.234 e. The van der Waals surface area contributed by atoms with E-state index in [1.54, 1.807) is 7.11 Å². The molecule has 2 rings (SSSR count). The summed E-state index contributed by atoms with van der Waals surface area (Å²) in [6.07, 6.45) is 0. The number of hydrogen-bond donors (Lipinski definition) is 1. The van der Waals surface area contributed by atoms with E-state index in [0.29, 0.717) is 24.7 Å². The minimum atomic E-state index is -0.0891. The van der Waals surface area contributed by atoms with Gasteiger partial charge in [-0.2, -0.15) is 0 Å². The summed E-state index contributed by atoms with van der Waals surface area (Å²) in [6.45, 7) is 7.80. The number of aromatic nitrogens is 2. The number of imidazole rings is 1. The number of carbonyl (C=O) groups is 1. The molecule has 0 aliphatic rings. The van der Waals surface area contributed by atoms with E-state index in [2.05, 4.69) is 14.9 Å². The summed E-state index contributed by atoms with van der Waals surface area (Å²) in [5.41, 5.74) is 2.76. The molecule has 1 amide bonds. The molecule has 2 aromatic rings. The normalized spacial score (nSPS) is 10.7. The molecule has 6 nitrogen and oxygen atoms in total. The zero-order valence-corrected chi connectivity index (χ0v) is 16.0. The predicted octanol–water partition coefficient (Wildman–Crippen LogP) is 3.28. The average Bonchev–Trinajstić information content (AvgIpc) is 2.87. The van der Waals surface area contributed by atoms with Crippen LogP contribution in [-0.2, 0) is 16.1 Å². The number of aryl methyl sites for hydroxylation is 1. The lowest BCUT2D eigenvalue weighted by Crippen LogP contribution is -2.16. The van der Waals surface area contributed by atoms with Crippen molar-refractivity contribution in [2.45, 2.75) is 32.5 Å². The highest BCUT2D eigenvalue weighted by Gasteiger charge is 2.14. The van der Waals surface area contributed by atoms with Gasteiger partial charge in [-0.05, 0) is 32.9 Å². The molecule has 1 heterocycles. The van der Waals surface area contributed by atoms with Gasteiger partial charge >= 0.3 is 0 Å². The molecule has 0 spiro atoms. The first-order valence-electron chi connectivity index (χ1n) is 8.24. The SMILES string of the molecule is CCOc1ccccc1NC(=O)CSc1nc(C)c(C)n1CCOC. The quantitative estimate of drug-likeness (QED) is 0.693. The van der Waals surface area contributed by atoms with Gasteiger partial charge in [0.25, 0.3) is 0 Å². The van der Waals surface area contributed by atoms with E-state index < -0.39 is 0 Å².